The number of anilines is 1. The smallest absolute Gasteiger partial charge is 0.0642 e. The third-order valence-electron chi connectivity index (χ3n) is 4.45. The van der Waals surface area contributed by atoms with Crippen molar-refractivity contribution in [2.24, 2.45) is 0 Å². The average molecular weight is 279 g/mol. The van der Waals surface area contributed by atoms with Gasteiger partial charge in [0.15, 0.2) is 0 Å². The molecule has 1 aromatic rings. The molecule has 3 heteroatoms. The lowest BCUT2D eigenvalue weighted by Gasteiger charge is -2.29. The van der Waals surface area contributed by atoms with Gasteiger partial charge in [-0.15, -0.1) is 0 Å². The maximum absolute atomic E-state index is 6.46. The van der Waals surface area contributed by atoms with Gasteiger partial charge in [0.25, 0.3) is 0 Å². The van der Waals surface area contributed by atoms with Crippen molar-refractivity contribution in [3.05, 3.63) is 28.8 Å². The van der Waals surface area contributed by atoms with E-state index < -0.39 is 0 Å². The van der Waals surface area contributed by atoms with Crippen LogP contribution in [0.5, 0.6) is 0 Å². The molecule has 2 aliphatic rings. The fourth-order valence-corrected chi connectivity index (χ4v) is 3.44. The van der Waals surface area contributed by atoms with Crippen molar-refractivity contribution in [3.63, 3.8) is 0 Å². The third-order valence-corrected chi connectivity index (χ3v) is 4.76. The van der Waals surface area contributed by atoms with E-state index in [0.717, 1.165) is 17.6 Å². The molecule has 2 nitrogen and oxygen atoms in total. The minimum Gasteiger partial charge on any atom is -0.370 e. The normalized spacial score (nSPS) is 19.9. The minimum atomic E-state index is 0.666. The van der Waals surface area contributed by atoms with Gasteiger partial charge in [-0.1, -0.05) is 36.6 Å². The first-order chi connectivity index (χ1) is 9.25. The van der Waals surface area contributed by atoms with E-state index in [4.69, 9.17) is 11.6 Å². The summed E-state index contributed by atoms with van der Waals surface area (Å²) in [5.74, 6) is 0. The molecule has 1 N–H and O–H groups in total. The largest absolute Gasteiger partial charge is 0.370 e. The Labute approximate surface area is 121 Å². The lowest BCUT2D eigenvalue weighted by molar-refractivity contribution is 0.641. The summed E-state index contributed by atoms with van der Waals surface area (Å²) in [7, 11) is 2.21. The minimum absolute atomic E-state index is 0.666. The maximum atomic E-state index is 6.46. The van der Waals surface area contributed by atoms with Gasteiger partial charge in [-0.25, -0.2) is 0 Å². The molecule has 2 fully saturated rings. The second-order valence-corrected chi connectivity index (χ2v) is 6.36. The van der Waals surface area contributed by atoms with Crippen LogP contribution in [-0.2, 0) is 6.54 Å². The topological polar surface area (TPSA) is 15.3 Å². The Morgan fingerprint density at radius 1 is 1.21 bits per heavy atom. The summed E-state index contributed by atoms with van der Waals surface area (Å²) in [4.78, 5) is 2.42. The molecule has 0 aliphatic heterocycles. The second-order valence-electron chi connectivity index (χ2n) is 5.95. The Balaban J connectivity index is 1.79. The summed E-state index contributed by atoms with van der Waals surface area (Å²) in [5.41, 5.74) is 2.58. The first-order valence-electron chi connectivity index (χ1n) is 7.49. The fraction of sp³-hybridized carbons (Fsp3) is 0.625. The molecule has 1 aromatic carbocycles. The van der Waals surface area contributed by atoms with Gasteiger partial charge < -0.3 is 10.2 Å². The molecule has 0 unspecified atom stereocenters. The monoisotopic (exact) mass is 278 g/mol. The highest BCUT2D eigenvalue weighted by Crippen LogP contribution is 2.35. The molecule has 104 valence electrons. The van der Waals surface area contributed by atoms with Gasteiger partial charge in [-0.3, -0.25) is 0 Å². The maximum Gasteiger partial charge on any atom is 0.0642 e. The van der Waals surface area contributed by atoms with Crippen LogP contribution >= 0.6 is 11.6 Å². The first kappa shape index (κ1) is 13.3. The summed E-state index contributed by atoms with van der Waals surface area (Å²) in [5, 5.41) is 4.49. The Morgan fingerprint density at radius 3 is 2.63 bits per heavy atom. The number of nitrogens with one attached hydrogen (secondary N) is 1. The number of benzene rings is 1. The van der Waals surface area contributed by atoms with Gasteiger partial charge in [-0.05, 0) is 37.3 Å². The second kappa shape index (κ2) is 5.72. The van der Waals surface area contributed by atoms with Crippen LogP contribution in [0.4, 0.5) is 5.69 Å². The van der Waals surface area contributed by atoms with Crippen molar-refractivity contribution in [3.8, 4) is 0 Å². The molecule has 0 spiro atoms. The quantitative estimate of drug-likeness (QED) is 0.877. The fourth-order valence-electron chi connectivity index (χ4n) is 3.11. The standard InChI is InChI=1S/C16H23ClN2/c1-19(14-6-2-3-7-14)16-12(5-4-8-15(16)17)11-18-13-9-10-13/h4-5,8,13-14,18H,2-3,6-7,9-11H2,1H3. The zero-order chi connectivity index (χ0) is 13.2. The molecular weight excluding hydrogens is 256 g/mol. The van der Waals surface area contributed by atoms with Crippen molar-refractivity contribution >= 4 is 17.3 Å². The molecule has 0 aromatic heterocycles. The summed E-state index contributed by atoms with van der Waals surface area (Å²) in [6, 6.07) is 7.70. The zero-order valence-corrected chi connectivity index (χ0v) is 12.4. The van der Waals surface area contributed by atoms with E-state index >= 15 is 0 Å². The number of hydrogen-bond acceptors (Lipinski definition) is 2. The predicted octanol–water partition coefficient (Wildman–Crippen LogP) is 3.97. The molecule has 3 rings (SSSR count). The van der Waals surface area contributed by atoms with E-state index in [1.807, 2.05) is 6.07 Å². The van der Waals surface area contributed by atoms with Crippen LogP contribution in [0.3, 0.4) is 0 Å². The van der Waals surface area contributed by atoms with E-state index in [0.29, 0.717) is 6.04 Å². The van der Waals surface area contributed by atoms with Crippen molar-refractivity contribution in [2.45, 2.75) is 57.2 Å². The lowest BCUT2D eigenvalue weighted by Crippen LogP contribution is -2.30. The number of para-hydroxylation sites is 1. The summed E-state index contributed by atoms with van der Waals surface area (Å²) < 4.78 is 0. The number of hydrogen-bond donors (Lipinski definition) is 1. The Bertz CT molecular complexity index is 436. The molecule has 0 radical (unpaired) electrons. The van der Waals surface area contributed by atoms with Crippen LogP contribution in [-0.4, -0.2) is 19.1 Å². The SMILES string of the molecule is CN(c1c(Cl)cccc1CNC1CC1)C1CCCC1. The summed E-state index contributed by atoms with van der Waals surface area (Å²) in [6.07, 6.45) is 7.97. The Kier molecular flexibility index (Phi) is 3.99. The van der Waals surface area contributed by atoms with Gasteiger partial charge in [0.05, 0.1) is 10.7 Å². The number of rotatable bonds is 5. The summed E-state index contributed by atoms with van der Waals surface area (Å²) >= 11 is 6.46. The van der Waals surface area contributed by atoms with Crippen LogP contribution < -0.4 is 10.2 Å². The molecule has 0 heterocycles. The van der Waals surface area contributed by atoms with Crippen molar-refractivity contribution in [1.82, 2.24) is 5.32 Å². The first-order valence-corrected chi connectivity index (χ1v) is 7.87. The molecule has 2 aliphatic carbocycles. The van der Waals surface area contributed by atoms with Crippen molar-refractivity contribution < 1.29 is 0 Å². The zero-order valence-electron chi connectivity index (χ0n) is 11.7. The van der Waals surface area contributed by atoms with Gasteiger partial charge >= 0.3 is 0 Å². The van der Waals surface area contributed by atoms with Crippen molar-refractivity contribution in [2.75, 3.05) is 11.9 Å². The van der Waals surface area contributed by atoms with E-state index in [9.17, 15) is 0 Å². The molecular formula is C16H23ClN2. The van der Waals surface area contributed by atoms with Crippen LogP contribution in [0.15, 0.2) is 18.2 Å². The molecule has 0 bridgehead atoms. The van der Waals surface area contributed by atoms with E-state index in [1.165, 1.54) is 49.8 Å². The van der Waals surface area contributed by atoms with Gasteiger partial charge in [0.1, 0.15) is 0 Å². The molecule has 2 saturated carbocycles. The molecule has 0 atom stereocenters. The van der Waals surface area contributed by atoms with Gasteiger partial charge in [0.2, 0.25) is 0 Å². The highest BCUT2D eigenvalue weighted by atomic mass is 35.5. The average Bonchev–Trinajstić information content (AvgIpc) is 3.07. The molecule has 19 heavy (non-hydrogen) atoms. The summed E-state index contributed by atoms with van der Waals surface area (Å²) in [6.45, 7) is 0.942. The number of halogens is 1. The van der Waals surface area contributed by atoms with Crippen LogP contribution in [0, 0.1) is 0 Å². The highest BCUT2D eigenvalue weighted by Gasteiger charge is 2.24. The van der Waals surface area contributed by atoms with E-state index in [2.05, 4.69) is 29.4 Å². The molecule has 0 amide bonds. The van der Waals surface area contributed by atoms with E-state index in [1.54, 1.807) is 0 Å². The van der Waals surface area contributed by atoms with Gasteiger partial charge in [0, 0.05) is 25.7 Å². The van der Waals surface area contributed by atoms with Crippen LogP contribution in [0.1, 0.15) is 44.1 Å². The highest BCUT2D eigenvalue weighted by molar-refractivity contribution is 6.33. The lowest BCUT2D eigenvalue weighted by atomic mass is 10.1. The Morgan fingerprint density at radius 2 is 1.95 bits per heavy atom. The third kappa shape index (κ3) is 3.06. The molecule has 0 saturated heterocycles. The van der Waals surface area contributed by atoms with E-state index in [-0.39, 0.29) is 0 Å². The number of nitrogens with zero attached hydrogens (tertiary/aromatic N) is 1. The van der Waals surface area contributed by atoms with Crippen LogP contribution in [0.25, 0.3) is 0 Å². The Hall–Kier alpha value is -0.730. The van der Waals surface area contributed by atoms with Crippen molar-refractivity contribution in [1.29, 1.82) is 0 Å². The van der Waals surface area contributed by atoms with Gasteiger partial charge in [-0.2, -0.15) is 0 Å². The van der Waals surface area contributed by atoms with Crippen LogP contribution in [0.2, 0.25) is 5.02 Å². The predicted molar refractivity (Wildman–Crippen MR) is 82.0 cm³/mol.